The standard InChI is InChI=1S/C21H32N4O2/c1-16-8-6-7-11-19(16)25-14-12-24(13-15-25)17(2)20(26)23-21(27)22-18-9-4-3-5-10-18/h6-8,11,17-18H,3-5,9-10,12-15H2,1-2H3,(H2,22,23,26,27)/t17-/m1/s1. The van der Waals surface area contributed by atoms with Gasteiger partial charge in [-0.25, -0.2) is 4.79 Å². The van der Waals surface area contributed by atoms with E-state index in [1.807, 2.05) is 6.92 Å². The molecule has 1 saturated carbocycles. The first-order valence-electron chi connectivity index (χ1n) is 10.2. The third-order valence-corrected chi connectivity index (χ3v) is 5.87. The second-order valence-electron chi connectivity index (χ2n) is 7.78. The van der Waals surface area contributed by atoms with Crippen molar-refractivity contribution >= 4 is 17.6 Å². The molecule has 1 saturated heterocycles. The van der Waals surface area contributed by atoms with Gasteiger partial charge in [0.25, 0.3) is 0 Å². The highest BCUT2D eigenvalue weighted by Gasteiger charge is 2.27. The highest BCUT2D eigenvalue weighted by Crippen LogP contribution is 2.21. The third kappa shape index (κ3) is 5.22. The van der Waals surface area contributed by atoms with E-state index in [9.17, 15) is 9.59 Å². The molecule has 2 aliphatic rings. The zero-order chi connectivity index (χ0) is 19.2. The monoisotopic (exact) mass is 372 g/mol. The van der Waals surface area contributed by atoms with Crippen molar-refractivity contribution in [2.75, 3.05) is 31.1 Å². The number of hydrogen-bond donors (Lipinski definition) is 2. The summed E-state index contributed by atoms with van der Waals surface area (Å²) in [4.78, 5) is 29.1. The van der Waals surface area contributed by atoms with Crippen LogP contribution in [-0.2, 0) is 4.79 Å². The van der Waals surface area contributed by atoms with Crippen LogP contribution in [0.15, 0.2) is 24.3 Å². The number of para-hydroxylation sites is 1. The average molecular weight is 373 g/mol. The SMILES string of the molecule is Cc1ccccc1N1CCN([C@H](C)C(=O)NC(=O)NC2CCCCC2)CC1. The summed E-state index contributed by atoms with van der Waals surface area (Å²) in [5, 5.41) is 5.48. The summed E-state index contributed by atoms with van der Waals surface area (Å²) < 4.78 is 0. The van der Waals surface area contributed by atoms with E-state index in [-0.39, 0.29) is 24.0 Å². The van der Waals surface area contributed by atoms with Crippen LogP contribution in [0, 0.1) is 6.92 Å². The lowest BCUT2D eigenvalue weighted by atomic mass is 9.96. The number of nitrogens with zero attached hydrogens (tertiary/aromatic N) is 2. The van der Waals surface area contributed by atoms with Gasteiger partial charge in [-0.1, -0.05) is 37.5 Å². The molecule has 1 aliphatic heterocycles. The number of amides is 3. The zero-order valence-electron chi connectivity index (χ0n) is 16.5. The number of piperazine rings is 1. The van der Waals surface area contributed by atoms with Gasteiger partial charge in [-0.05, 0) is 38.3 Å². The van der Waals surface area contributed by atoms with Gasteiger partial charge in [0.1, 0.15) is 0 Å². The highest BCUT2D eigenvalue weighted by atomic mass is 16.2. The molecule has 6 heteroatoms. The number of urea groups is 1. The predicted octanol–water partition coefficient (Wildman–Crippen LogP) is 2.66. The molecule has 3 rings (SSSR count). The molecule has 1 aliphatic carbocycles. The Morgan fingerprint density at radius 1 is 1.04 bits per heavy atom. The molecule has 0 unspecified atom stereocenters. The van der Waals surface area contributed by atoms with Crippen molar-refractivity contribution in [1.82, 2.24) is 15.5 Å². The van der Waals surface area contributed by atoms with Crippen LogP contribution in [0.5, 0.6) is 0 Å². The second-order valence-corrected chi connectivity index (χ2v) is 7.78. The lowest BCUT2D eigenvalue weighted by molar-refractivity contribution is -0.124. The molecule has 27 heavy (non-hydrogen) atoms. The number of benzene rings is 1. The van der Waals surface area contributed by atoms with Crippen molar-refractivity contribution in [2.45, 2.75) is 58.0 Å². The summed E-state index contributed by atoms with van der Waals surface area (Å²) in [6, 6.07) is 7.95. The maximum Gasteiger partial charge on any atom is 0.321 e. The number of carbonyl (C=O) groups excluding carboxylic acids is 2. The molecule has 1 atom stereocenters. The Balaban J connectivity index is 1.45. The zero-order valence-corrected chi connectivity index (χ0v) is 16.5. The molecule has 1 aromatic rings. The van der Waals surface area contributed by atoms with Gasteiger partial charge in [-0.3, -0.25) is 15.0 Å². The Bertz CT molecular complexity index is 649. The van der Waals surface area contributed by atoms with Gasteiger partial charge in [0, 0.05) is 37.9 Å². The molecule has 0 spiro atoms. The molecule has 0 radical (unpaired) electrons. The Hall–Kier alpha value is -2.08. The Labute approximate surface area is 162 Å². The van der Waals surface area contributed by atoms with Crippen molar-refractivity contribution in [3.63, 3.8) is 0 Å². The van der Waals surface area contributed by atoms with E-state index >= 15 is 0 Å². The largest absolute Gasteiger partial charge is 0.369 e. The number of aryl methyl sites for hydroxylation is 1. The highest BCUT2D eigenvalue weighted by molar-refractivity contribution is 5.96. The van der Waals surface area contributed by atoms with Crippen LogP contribution in [-0.4, -0.2) is 55.1 Å². The average Bonchev–Trinajstić information content (AvgIpc) is 2.68. The maximum atomic E-state index is 12.5. The fraction of sp³-hybridized carbons (Fsp3) is 0.619. The fourth-order valence-corrected chi connectivity index (χ4v) is 4.12. The molecular weight excluding hydrogens is 340 g/mol. The summed E-state index contributed by atoms with van der Waals surface area (Å²) in [5.74, 6) is -0.215. The fourth-order valence-electron chi connectivity index (χ4n) is 4.12. The van der Waals surface area contributed by atoms with E-state index in [4.69, 9.17) is 0 Å². The van der Waals surface area contributed by atoms with Crippen molar-refractivity contribution in [1.29, 1.82) is 0 Å². The van der Waals surface area contributed by atoms with Crippen LogP contribution in [0.1, 0.15) is 44.6 Å². The van der Waals surface area contributed by atoms with Crippen LogP contribution in [0.3, 0.4) is 0 Å². The van der Waals surface area contributed by atoms with Gasteiger partial charge in [-0.15, -0.1) is 0 Å². The summed E-state index contributed by atoms with van der Waals surface area (Å²) in [6.07, 6.45) is 5.57. The van der Waals surface area contributed by atoms with Gasteiger partial charge in [0.2, 0.25) is 5.91 Å². The van der Waals surface area contributed by atoms with Crippen LogP contribution in [0.4, 0.5) is 10.5 Å². The Morgan fingerprint density at radius 3 is 2.37 bits per heavy atom. The first-order valence-corrected chi connectivity index (χ1v) is 10.2. The Morgan fingerprint density at radius 2 is 1.70 bits per heavy atom. The van der Waals surface area contributed by atoms with E-state index in [0.29, 0.717) is 0 Å². The molecule has 2 N–H and O–H groups in total. The van der Waals surface area contributed by atoms with Gasteiger partial charge in [-0.2, -0.15) is 0 Å². The number of imide groups is 1. The van der Waals surface area contributed by atoms with E-state index < -0.39 is 0 Å². The summed E-state index contributed by atoms with van der Waals surface area (Å²) in [7, 11) is 0. The number of hydrogen-bond acceptors (Lipinski definition) is 4. The lowest BCUT2D eigenvalue weighted by Crippen LogP contribution is -2.56. The number of rotatable bonds is 4. The summed E-state index contributed by atoms with van der Waals surface area (Å²) in [5.41, 5.74) is 2.54. The van der Waals surface area contributed by atoms with Crippen molar-refractivity contribution in [2.24, 2.45) is 0 Å². The van der Waals surface area contributed by atoms with Gasteiger partial charge in [0.15, 0.2) is 0 Å². The first-order chi connectivity index (χ1) is 13.0. The molecule has 148 valence electrons. The summed E-state index contributed by atoms with van der Waals surface area (Å²) >= 11 is 0. The van der Waals surface area contributed by atoms with Crippen molar-refractivity contribution in [3.8, 4) is 0 Å². The quantitative estimate of drug-likeness (QED) is 0.853. The third-order valence-electron chi connectivity index (χ3n) is 5.87. The number of nitrogens with one attached hydrogen (secondary N) is 2. The van der Waals surface area contributed by atoms with Crippen LogP contribution < -0.4 is 15.5 Å². The first kappa shape index (κ1) is 19.7. The summed E-state index contributed by atoms with van der Waals surface area (Å²) in [6.45, 7) is 7.41. The molecule has 2 fully saturated rings. The Kier molecular flexibility index (Phi) is 6.72. The van der Waals surface area contributed by atoms with E-state index in [1.54, 1.807) is 0 Å². The molecule has 6 nitrogen and oxygen atoms in total. The smallest absolute Gasteiger partial charge is 0.321 e. The predicted molar refractivity (Wildman–Crippen MR) is 108 cm³/mol. The van der Waals surface area contributed by atoms with Crippen LogP contribution in [0.2, 0.25) is 0 Å². The normalized spacial score (nSPS) is 20.1. The lowest BCUT2D eigenvalue weighted by Gasteiger charge is -2.39. The van der Waals surface area contributed by atoms with Crippen molar-refractivity contribution < 1.29 is 9.59 Å². The van der Waals surface area contributed by atoms with Gasteiger partial charge < -0.3 is 10.2 Å². The van der Waals surface area contributed by atoms with Gasteiger partial charge in [0.05, 0.1) is 6.04 Å². The van der Waals surface area contributed by atoms with E-state index in [2.05, 4.69) is 51.6 Å². The van der Waals surface area contributed by atoms with E-state index in [1.165, 1.54) is 17.7 Å². The molecular formula is C21H32N4O2. The second kappa shape index (κ2) is 9.22. The van der Waals surface area contributed by atoms with Crippen LogP contribution >= 0.6 is 0 Å². The van der Waals surface area contributed by atoms with E-state index in [0.717, 1.165) is 51.9 Å². The minimum absolute atomic E-state index is 0.208. The molecule has 3 amide bonds. The minimum atomic E-state index is -0.350. The molecule has 0 aromatic heterocycles. The molecule has 0 bridgehead atoms. The number of carbonyl (C=O) groups is 2. The van der Waals surface area contributed by atoms with Crippen LogP contribution in [0.25, 0.3) is 0 Å². The molecule has 1 aromatic carbocycles. The maximum absolute atomic E-state index is 12.5. The topological polar surface area (TPSA) is 64.7 Å². The minimum Gasteiger partial charge on any atom is -0.369 e. The number of anilines is 1. The van der Waals surface area contributed by atoms with Gasteiger partial charge >= 0.3 is 6.03 Å². The van der Waals surface area contributed by atoms with Crippen molar-refractivity contribution in [3.05, 3.63) is 29.8 Å². The molecule has 1 heterocycles.